The minimum atomic E-state index is -0.201. The Hall–Kier alpha value is -2.38. The summed E-state index contributed by atoms with van der Waals surface area (Å²) in [5, 5.41) is 5.63. The van der Waals surface area contributed by atoms with Crippen LogP contribution in [0, 0.1) is 0 Å². The molecule has 3 rings (SSSR count). The van der Waals surface area contributed by atoms with Gasteiger partial charge in [-0.05, 0) is 24.1 Å². The van der Waals surface area contributed by atoms with Crippen LogP contribution in [0.2, 0.25) is 0 Å². The Bertz CT molecular complexity index is 795. The Balaban J connectivity index is 1.74. The maximum absolute atomic E-state index is 12.8. The molecule has 2 aromatic rings. The second-order valence-corrected chi connectivity index (χ2v) is 7.43. The molecular weight excluding hydrogens is 364 g/mol. The number of fused-ring (bicyclic) bond motifs is 1. The van der Waals surface area contributed by atoms with Crippen molar-refractivity contribution in [2.24, 2.45) is 0 Å². The van der Waals surface area contributed by atoms with Crippen molar-refractivity contribution >= 4 is 23.2 Å². The van der Waals surface area contributed by atoms with E-state index in [-0.39, 0.29) is 24.5 Å². The van der Waals surface area contributed by atoms with Gasteiger partial charge >= 0.3 is 0 Å². The van der Waals surface area contributed by atoms with Gasteiger partial charge in [-0.15, -0.1) is 11.3 Å². The van der Waals surface area contributed by atoms with Gasteiger partial charge < -0.3 is 20.1 Å². The predicted octanol–water partition coefficient (Wildman–Crippen LogP) is 2.83. The second-order valence-electron chi connectivity index (χ2n) is 6.30. The summed E-state index contributed by atoms with van der Waals surface area (Å²) in [4.78, 5) is 26.2. The summed E-state index contributed by atoms with van der Waals surface area (Å²) in [5.41, 5.74) is 1.97. The van der Waals surface area contributed by atoms with Gasteiger partial charge in [0, 0.05) is 23.9 Å². The molecule has 1 aromatic heterocycles. The Morgan fingerprint density at radius 3 is 2.89 bits per heavy atom. The Morgan fingerprint density at radius 1 is 1.33 bits per heavy atom. The molecule has 6 nitrogen and oxygen atoms in total. The number of benzene rings is 1. The van der Waals surface area contributed by atoms with Gasteiger partial charge in [0.15, 0.2) is 6.61 Å². The highest BCUT2D eigenvalue weighted by molar-refractivity contribution is 7.14. The molecule has 0 spiro atoms. The van der Waals surface area contributed by atoms with E-state index in [1.165, 1.54) is 16.2 Å². The average molecular weight is 388 g/mol. The maximum atomic E-state index is 12.8. The molecule has 1 unspecified atom stereocenters. The van der Waals surface area contributed by atoms with Crippen molar-refractivity contribution in [2.45, 2.75) is 32.4 Å². The summed E-state index contributed by atoms with van der Waals surface area (Å²) in [6.07, 6.45) is 1.57. The number of thiophene rings is 1. The largest absolute Gasteiger partial charge is 0.483 e. The van der Waals surface area contributed by atoms with Crippen LogP contribution in [0.3, 0.4) is 0 Å². The van der Waals surface area contributed by atoms with E-state index < -0.39 is 0 Å². The van der Waals surface area contributed by atoms with Crippen molar-refractivity contribution in [1.29, 1.82) is 0 Å². The van der Waals surface area contributed by atoms with E-state index in [9.17, 15) is 9.59 Å². The van der Waals surface area contributed by atoms with Gasteiger partial charge in [-0.25, -0.2) is 0 Å². The number of carbonyl (C=O) groups excluding carboxylic acids is 2. The number of rotatable bonds is 7. The van der Waals surface area contributed by atoms with E-state index in [2.05, 4.69) is 10.6 Å². The van der Waals surface area contributed by atoms with E-state index in [1.807, 2.05) is 37.3 Å². The second kappa shape index (κ2) is 9.01. The lowest BCUT2D eigenvalue weighted by molar-refractivity contribution is -0.122. The first kappa shape index (κ1) is 19.4. The highest BCUT2D eigenvalue weighted by atomic mass is 32.1. The van der Waals surface area contributed by atoms with Crippen molar-refractivity contribution in [2.75, 3.05) is 20.3 Å². The number of nitrogens with one attached hydrogen (secondary N) is 2. The van der Waals surface area contributed by atoms with Crippen molar-refractivity contribution in [3.63, 3.8) is 0 Å². The first-order chi connectivity index (χ1) is 13.1. The number of hydrogen-bond acceptors (Lipinski definition) is 5. The summed E-state index contributed by atoms with van der Waals surface area (Å²) in [6, 6.07) is 9.21. The lowest BCUT2D eigenvalue weighted by atomic mass is 10.0. The van der Waals surface area contributed by atoms with Crippen LogP contribution in [-0.4, -0.2) is 32.1 Å². The SMILES string of the molecule is CCC(NC(=O)c1cc2c(s1)CCOC2)c1ccccc1OCC(=O)NC. The third-order valence-electron chi connectivity index (χ3n) is 4.50. The molecule has 144 valence electrons. The van der Waals surface area contributed by atoms with Crippen LogP contribution in [0.1, 0.15) is 45.1 Å². The summed E-state index contributed by atoms with van der Waals surface area (Å²) >= 11 is 1.54. The third kappa shape index (κ3) is 4.67. The molecule has 0 saturated heterocycles. The fourth-order valence-electron chi connectivity index (χ4n) is 3.00. The van der Waals surface area contributed by atoms with Crippen LogP contribution in [0.4, 0.5) is 0 Å². The van der Waals surface area contributed by atoms with Crippen LogP contribution >= 0.6 is 11.3 Å². The van der Waals surface area contributed by atoms with Gasteiger partial charge in [-0.2, -0.15) is 0 Å². The number of para-hydroxylation sites is 1. The van der Waals surface area contributed by atoms with Gasteiger partial charge in [-0.1, -0.05) is 25.1 Å². The number of amides is 2. The third-order valence-corrected chi connectivity index (χ3v) is 5.73. The molecule has 1 aromatic carbocycles. The van der Waals surface area contributed by atoms with Crippen molar-refractivity contribution in [3.05, 3.63) is 51.2 Å². The van der Waals surface area contributed by atoms with E-state index in [0.29, 0.717) is 30.3 Å². The van der Waals surface area contributed by atoms with Crippen LogP contribution in [-0.2, 0) is 22.6 Å². The van der Waals surface area contributed by atoms with Crippen LogP contribution in [0.5, 0.6) is 5.75 Å². The van der Waals surface area contributed by atoms with Gasteiger partial charge in [-0.3, -0.25) is 9.59 Å². The average Bonchev–Trinajstić information content (AvgIpc) is 3.14. The van der Waals surface area contributed by atoms with E-state index >= 15 is 0 Å². The normalized spacial score (nSPS) is 14.1. The molecule has 2 heterocycles. The molecule has 0 fully saturated rings. The molecule has 0 aliphatic carbocycles. The van der Waals surface area contributed by atoms with Crippen molar-refractivity contribution < 1.29 is 19.1 Å². The summed E-state index contributed by atoms with van der Waals surface area (Å²) in [5.74, 6) is 0.308. The molecule has 2 amide bonds. The molecule has 0 radical (unpaired) electrons. The Morgan fingerprint density at radius 2 is 2.15 bits per heavy atom. The molecule has 1 aliphatic rings. The number of likely N-dealkylation sites (N-methyl/N-ethyl adjacent to an activating group) is 1. The predicted molar refractivity (Wildman–Crippen MR) is 104 cm³/mol. The Kier molecular flexibility index (Phi) is 6.47. The molecule has 7 heteroatoms. The van der Waals surface area contributed by atoms with Gasteiger partial charge in [0.1, 0.15) is 5.75 Å². The zero-order valence-corrected chi connectivity index (χ0v) is 16.4. The zero-order valence-electron chi connectivity index (χ0n) is 15.5. The van der Waals surface area contributed by atoms with E-state index in [4.69, 9.17) is 9.47 Å². The minimum absolute atomic E-state index is 0.0600. The highest BCUT2D eigenvalue weighted by Crippen LogP contribution is 2.30. The lowest BCUT2D eigenvalue weighted by Crippen LogP contribution is -2.29. The summed E-state index contributed by atoms with van der Waals surface area (Å²) in [7, 11) is 1.57. The molecule has 1 aliphatic heterocycles. The monoisotopic (exact) mass is 388 g/mol. The maximum Gasteiger partial charge on any atom is 0.261 e. The molecule has 1 atom stereocenters. The quantitative estimate of drug-likeness (QED) is 0.765. The molecule has 2 N–H and O–H groups in total. The van der Waals surface area contributed by atoms with Crippen LogP contribution in [0.15, 0.2) is 30.3 Å². The topological polar surface area (TPSA) is 76.7 Å². The first-order valence-electron chi connectivity index (χ1n) is 9.04. The number of ether oxygens (including phenoxy) is 2. The molecule has 0 bridgehead atoms. The smallest absolute Gasteiger partial charge is 0.261 e. The van der Waals surface area contributed by atoms with Crippen LogP contribution in [0.25, 0.3) is 0 Å². The van der Waals surface area contributed by atoms with Crippen molar-refractivity contribution in [3.8, 4) is 5.75 Å². The fourth-order valence-corrected chi connectivity index (χ4v) is 4.06. The Labute approximate surface area is 162 Å². The van der Waals surface area contributed by atoms with Crippen LogP contribution < -0.4 is 15.4 Å². The zero-order chi connectivity index (χ0) is 19.2. The molecule has 0 saturated carbocycles. The molecule has 27 heavy (non-hydrogen) atoms. The summed E-state index contributed by atoms with van der Waals surface area (Å²) in [6.45, 7) is 3.23. The molecular formula is C20H24N2O4S. The van der Waals surface area contributed by atoms with E-state index in [0.717, 1.165) is 17.5 Å². The van der Waals surface area contributed by atoms with Gasteiger partial charge in [0.05, 0.1) is 24.1 Å². The van der Waals surface area contributed by atoms with Gasteiger partial charge in [0.2, 0.25) is 0 Å². The first-order valence-corrected chi connectivity index (χ1v) is 9.86. The van der Waals surface area contributed by atoms with Crippen molar-refractivity contribution in [1.82, 2.24) is 10.6 Å². The fraction of sp³-hybridized carbons (Fsp3) is 0.400. The number of hydrogen-bond donors (Lipinski definition) is 2. The minimum Gasteiger partial charge on any atom is -0.483 e. The lowest BCUT2D eigenvalue weighted by Gasteiger charge is -2.20. The van der Waals surface area contributed by atoms with E-state index in [1.54, 1.807) is 7.05 Å². The highest BCUT2D eigenvalue weighted by Gasteiger charge is 2.21. The number of carbonyl (C=O) groups is 2. The summed E-state index contributed by atoms with van der Waals surface area (Å²) < 4.78 is 11.1. The van der Waals surface area contributed by atoms with Gasteiger partial charge in [0.25, 0.3) is 11.8 Å². The standard InChI is InChI=1S/C20H24N2O4S/c1-3-15(14-6-4-5-7-16(14)26-12-19(23)21-2)22-20(24)18-10-13-11-25-9-8-17(13)27-18/h4-7,10,15H,3,8-9,11-12H2,1-2H3,(H,21,23)(H,22,24).